The van der Waals surface area contributed by atoms with Gasteiger partial charge in [0.25, 0.3) is 0 Å². The van der Waals surface area contributed by atoms with Crippen molar-refractivity contribution in [1.29, 1.82) is 0 Å². The van der Waals surface area contributed by atoms with Crippen LogP contribution in [0.4, 0.5) is 4.79 Å². The number of pyridine rings is 1. The van der Waals surface area contributed by atoms with Crippen molar-refractivity contribution in [3.63, 3.8) is 0 Å². The number of carbonyl (C=O) groups excluding carboxylic acids is 1. The monoisotopic (exact) mass is 295 g/mol. The van der Waals surface area contributed by atoms with Gasteiger partial charge in [-0.25, -0.2) is 4.79 Å². The van der Waals surface area contributed by atoms with E-state index < -0.39 is 0 Å². The summed E-state index contributed by atoms with van der Waals surface area (Å²) < 4.78 is 0. The van der Waals surface area contributed by atoms with E-state index in [4.69, 9.17) is 0 Å². The smallest absolute Gasteiger partial charge is 0.315 e. The number of nitrogens with zero attached hydrogens (tertiary/aromatic N) is 1. The summed E-state index contributed by atoms with van der Waals surface area (Å²) in [5, 5.41) is 6.06. The number of urea groups is 1. The highest BCUT2D eigenvalue weighted by Gasteiger charge is 2.29. The zero-order valence-electron chi connectivity index (χ0n) is 12.5. The fourth-order valence-corrected chi connectivity index (χ4v) is 2.78. The van der Waals surface area contributed by atoms with Gasteiger partial charge < -0.3 is 10.6 Å². The average molecular weight is 295 g/mol. The lowest BCUT2D eigenvalue weighted by Gasteiger charge is -2.34. The van der Waals surface area contributed by atoms with E-state index in [0.29, 0.717) is 12.5 Å². The van der Waals surface area contributed by atoms with Crippen molar-refractivity contribution in [3.05, 3.63) is 66.0 Å². The first-order valence-corrected chi connectivity index (χ1v) is 7.81. The second kappa shape index (κ2) is 7.07. The summed E-state index contributed by atoms with van der Waals surface area (Å²) in [5.74, 6) is 0.550. The summed E-state index contributed by atoms with van der Waals surface area (Å²) in [6.45, 7) is 0.514. The van der Waals surface area contributed by atoms with Gasteiger partial charge in [-0.2, -0.15) is 0 Å². The molecule has 1 aromatic heterocycles. The number of nitrogens with one attached hydrogen (secondary N) is 2. The molecule has 0 spiro atoms. The van der Waals surface area contributed by atoms with E-state index in [1.54, 1.807) is 12.4 Å². The van der Waals surface area contributed by atoms with Crippen LogP contribution in [0.25, 0.3) is 0 Å². The third kappa shape index (κ3) is 3.64. The maximum absolute atomic E-state index is 12.2. The summed E-state index contributed by atoms with van der Waals surface area (Å²) in [4.78, 5) is 16.2. The van der Waals surface area contributed by atoms with E-state index in [9.17, 15) is 4.79 Å². The lowest BCUT2D eigenvalue weighted by molar-refractivity contribution is 0.207. The molecule has 4 nitrogen and oxygen atoms in total. The molecule has 0 saturated heterocycles. The predicted octanol–water partition coefficient (Wildman–Crippen LogP) is 3.42. The average Bonchev–Trinajstić information content (AvgIpc) is 2.52. The van der Waals surface area contributed by atoms with Crippen molar-refractivity contribution in [2.24, 2.45) is 5.92 Å². The molecule has 2 N–H and O–H groups in total. The molecule has 114 valence electrons. The Kier molecular flexibility index (Phi) is 4.68. The van der Waals surface area contributed by atoms with Crippen LogP contribution in [0, 0.1) is 5.92 Å². The molecule has 1 atom stereocenters. The fraction of sp³-hybridized carbons (Fsp3) is 0.333. The highest BCUT2D eigenvalue weighted by Crippen LogP contribution is 2.37. The van der Waals surface area contributed by atoms with Gasteiger partial charge >= 0.3 is 6.03 Å². The first-order valence-electron chi connectivity index (χ1n) is 7.81. The molecule has 22 heavy (non-hydrogen) atoms. The Hall–Kier alpha value is -2.36. The van der Waals surface area contributed by atoms with E-state index in [2.05, 4.69) is 27.8 Å². The number of rotatable bonds is 5. The van der Waals surface area contributed by atoms with Crippen molar-refractivity contribution in [2.75, 3.05) is 0 Å². The quantitative estimate of drug-likeness (QED) is 0.888. The zero-order chi connectivity index (χ0) is 15.2. The number of amides is 2. The minimum Gasteiger partial charge on any atom is -0.334 e. The minimum absolute atomic E-state index is 0.104. The SMILES string of the molecule is O=C(NCc1ccncc1)NC(c1ccccc1)C1CCC1. The van der Waals surface area contributed by atoms with Crippen LogP contribution in [0.15, 0.2) is 54.9 Å². The number of benzene rings is 1. The van der Waals surface area contributed by atoms with Gasteiger partial charge in [0, 0.05) is 18.9 Å². The Bertz CT molecular complexity index is 596. The summed E-state index contributed by atoms with van der Waals surface area (Å²) in [6.07, 6.45) is 7.09. The van der Waals surface area contributed by atoms with Gasteiger partial charge in [0.05, 0.1) is 6.04 Å². The van der Waals surface area contributed by atoms with Gasteiger partial charge in [-0.15, -0.1) is 0 Å². The highest BCUT2D eigenvalue weighted by molar-refractivity contribution is 5.74. The maximum atomic E-state index is 12.2. The normalized spacial score (nSPS) is 15.6. The van der Waals surface area contributed by atoms with Crippen LogP contribution >= 0.6 is 0 Å². The topological polar surface area (TPSA) is 54.0 Å². The van der Waals surface area contributed by atoms with Crippen LogP contribution in [-0.4, -0.2) is 11.0 Å². The van der Waals surface area contributed by atoms with Crippen molar-refractivity contribution < 1.29 is 4.79 Å². The predicted molar refractivity (Wildman–Crippen MR) is 86.1 cm³/mol. The van der Waals surface area contributed by atoms with E-state index >= 15 is 0 Å². The molecule has 0 radical (unpaired) electrons. The highest BCUT2D eigenvalue weighted by atomic mass is 16.2. The van der Waals surface area contributed by atoms with Gasteiger partial charge in [0.1, 0.15) is 0 Å². The molecular formula is C18H21N3O. The van der Waals surface area contributed by atoms with E-state index in [1.807, 2.05) is 30.3 Å². The molecular weight excluding hydrogens is 274 g/mol. The van der Waals surface area contributed by atoms with Gasteiger partial charge in [0.2, 0.25) is 0 Å². The van der Waals surface area contributed by atoms with Crippen molar-refractivity contribution >= 4 is 6.03 Å². The molecule has 0 bridgehead atoms. The fourth-order valence-electron chi connectivity index (χ4n) is 2.78. The molecule has 1 fully saturated rings. The minimum atomic E-state index is -0.113. The Morgan fingerprint density at radius 2 is 1.86 bits per heavy atom. The first kappa shape index (κ1) is 14.6. The molecule has 2 amide bonds. The van der Waals surface area contributed by atoms with Crippen LogP contribution in [0.1, 0.15) is 36.4 Å². The standard InChI is InChI=1S/C18H21N3O/c22-18(20-13-14-9-11-19-12-10-14)21-17(16-7-4-8-16)15-5-2-1-3-6-15/h1-3,5-6,9-12,16-17H,4,7-8,13H2,(H2,20,21,22). The van der Waals surface area contributed by atoms with E-state index in [1.165, 1.54) is 24.8 Å². The molecule has 0 aliphatic heterocycles. The van der Waals surface area contributed by atoms with E-state index in [-0.39, 0.29) is 12.1 Å². The number of carbonyl (C=O) groups is 1. The first-order chi connectivity index (χ1) is 10.8. The van der Waals surface area contributed by atoms with Crippen LogP contribution < -0.4 is 10.6 Å². The second-order valence-electron chi connectivity index (χ2n) is 5.76. The lowest BCUT2D eigenvalue weighted by atomic mass is 9.77. The van der Waals surface area contributed by atoms with Crippen LogP contribution in [0.3, 0.4) is 0 Å². The maximum Gasteiger partial charge on any atom is 0.315 e. The van der Waals surface area contributed by atoms with Crippen molar-refractivity contribution in [2.45, 2.75) is 31.8 Å². The van der Waals surface area contributed by atoms with Crippen LogP contribution in [0.2, 0.25) is 0 Å². The van der Waals surface area contributed by atoms with E-state index in [0.717, 1.165) is 5.56 Å². The number of hydrogen-bond acceptors (Lipinski definition) is 2. The zero-order valence-corrected chi connectivity index (χ0v) is 12.5. The molecule has 1 saturated carbocycles. The van der Waals surface area contributed by atoms with Crippen molar-refractivity contribution in [3.8, 4) is 0 Å². The summed E-state index contributed by atoms with van der Waals surface area (Å²) in [5.41, 5.74) is 2.23. The summed E-state index contributed by atoms with van der Waals surface area (Å²) in [6, 6.07) is 14.0. The summed E-state index contributed by atoms with van der Waals surface area (Å²) in [7, 11) is 0. The number of hydrogen-bond donors (Lipinski definition) is 2. The molecule has 2 aromatic rings. The molecule has 1 aliphatic carbocycles. The van der Waals surface area contributed by atoms with Crippen LogP contribution in [-0.2, 0) is 6.54 Å². The summed E-state index contributed by atoms with van der Waals surface area (Å²) >= 11 is 0. The Balaban J connectivity index is 1.59. The lowest BCUT2D eigenvalue weighted by Crippen LogP contribution is -2.41. The molecule has 1 heterocycles. The second-order valence-corrected chi connectivity index (χ2v) is 5.76. The number of aromatic nitrogens is 1. The molecule has 4 heteroatoms. The molecule has 1 aliphatic rings. The molecule has 1 aromatic carbocycles. The Morgan fingerprint density at radius 1 is 1.14 bits per heavy atom. The Morgan fingerprint density at radius 3 is 2.50 bits per heavy atom. The Labute approximate surface area is 131 Å². The molecule has 3 rings (SSSR count). The van der Waals surface area contributed by atoms with Gasteiger partial charge in [0.15, 0.2) is 0 Å². The molecule has 1 unspecified atom stereocenters. The van der Waals surface area contributed by atoms with Gasteiger partial charge in [-0.3, -0.25) is 4.98 Å². The van der Waals surface area contributed by atoms with Crippen LogP contribution in [0.5, 0.6) is 0 Å². The third-order valence-corrected chi connectivity index (χ3v) is 4.27. The van der Waals surface area contributed by atoms with Gasteiger partial charge in [-0.05, 0) is 42.0 Å². The largest absolute Gasteiger partial charge is 0.334 e. The van der Waals surface area contributed by atoms with Gasteiger partial charge in [-0.1, -0.05) is 36.8 Å². The third-order valence-electron chi connectivity index (χ3n) is 4.27. The van der Waals surface area contributed by atoms with Crippen molar-refractivity contribution in [1.82, 2.24) is 15.6 Å².